The van der Waals surface area contributed by atoms with Crippen LogP contribution in [-0.4, -0.2) is 36.6 Å². The van der Waals surface area contributed by atoms with Crippen molar-refractivity contribution in [3.63, 3.8) is 0 Å². The van der Waals surface area contributed by atoms with E-state index in [4.69, 9.17) is 4.74 Å². The van der Waals surface area contributed by atoms with E-state index in [9.17, 15) is 39.9 Å². The highest BCUT2D eigenvalue weighted by Crippen LogP contribution is 2.40. The molecule has 1 fully saturated rings. The minimum Gasteiger partial charge on any atom is -0.488 e. The molecule has 5 nitrogen and oxygen atoms in total. The van der Waals surface area contributed by atoms with Crippen LogP contribution in [0.2, 0.25) is 0 Å². The molecule has 1 aliphatic rings. The number of nitrogens with one attached hydrogen (secondary N) is 2. The molecular formula is C30H28F8N2O3. The van der Waals surface area contributed by atoms with Gasteiger partial charge in [-0.3, -0.25) is 0 Å². The molecule has 0 spiro atoms. The second-order valence-corrected chi connectivity index (χ2v) is 10.6. The summed E-state index contributed by atoms with van der Waals surface area (Å²) in [7, 11) is 0. The Morgan fingerprint density at radius 2 is 1.65 bits per heavy atom. The molecule has 0 bridgehead atoms. The number of hydrogen-bond acceptors (Lipinski definition) is 3. The quantitative estimate of drug-likeness (QED) is 0.219. The van der Waals surface area contributed by atoms with Crippen molar-refractivity contribution < 1.29 is 49.4 Å². The van der Waals surface area contributed by atoms with Crippen molar-refractivity contribution in [2.24, 2.45) is 0 Å². The second kappa shape index (κ2) is 12.3. The molecule has 1 aliphatic carbocycles. The molecule has 0 heterocycles. The fourth-order valence-electron chi connectivity index (χ4n) is 4.82. The summed E-state index contributed by atoms with van der Waals surface area (Å²) in [5.41, 5.74) is -1.61. The highest BCUT2D eigenvalue weighted by atomic mass is 19.3. The maximum atomic E-state index is 15.0. The number of hydrogen-bond donors (Lipinski definition) is 2. The van der Waals surface area contributed by atoms with Gasteiger partial charge in [0.05, 0.1) is 11.6 Å². The zero-order valence-corrected chi connectivity index (χ0v) is 23.0. The summed E-state index contributed by atoms with van der Waals surface area (Å²) in [6, 6.07) is 12.0. The van der Waals surface area contributed by atoms with Gasteiger partial charge in [-0.05, 0) is 54.8 Å². The van der Waals surface area contributed by atoms with Crippen molar-refractivity contribution in [1.29, 1.82) is 0 Å². The Labute approximate surface area is 242 Å². The van der Waals surface area contributed by atoms with Crippen molar-refractivity contribution in [1.82, 2.24) is 10.6 Å². The zero-order valence-electron chi connectivity index (χ0n) is 23.0. The van der Waals surface area contributed by atoms with Gasteiger partial charge in [-0.2, -0.15) is 17.6 Å². The molecule has 13 heteroatoms. The minimum atomic E-state index is -4.98. The van der Waals surface area contributed by atoms with Crippen LogP contribution in [0.1, 0.15) is 43.4 Å². The van der Waals surface area contributed by atoms with E-state index in [0.717, 1.165) is 18.2 Å². The predicted molar refractivity (Wildman–Crippen MR) is 141 cm³/mol. The lowest BCUT2D eigenvalue weighted by Gasteiger charge is -2.39. The lowest BCUT2D eigenvalue weighted by atomic mass is 9.77. The molecule has 1 atom stereocenters. The molecule has 3 aromatic carbocycles. The van der Waals surface area contributed by atoms with Crippen molar-refractivity contribution >= 4 is 6.03 Å². The SMILES string of the molecule is CC(C)Oc1cc(C(Cc2ccccc2)(NC(=O)NC2CC(F)(F)C2)c2cc(F)cc(OC(F)(F)C(F)F)c2)ccc1F. The average Bonchev–Trinajstić information content (AvgIpc) is 2.88. The molecule has 4 rings (SSSR count). The van der Waals surface area contributed by atoms with Crippen LogP contribution < -0.4 is 20.1 Å². The first-order chi connectivity index (χ1) is 20.1. The first kappa shape index (κ1) is 31.9. The fraction of sp³-hybridized carbons (Fsp3) is 0.367. The van der Waals surface area contributed by atoms with Gasteiger partial charge < -0.3 is 20.1 Å². The van der Waals surface area contributed by atoms with Gasteiger partial charge in [-0.25, -0.2) is 22.4 Å². The monoisotopic (exact) mass is 616 g/mol. The normalized spacial score (nSPS) is 16.4. The summed E-state index contributed by atoms with van der Waals surface area (Å²) in [5.74, 6) is -6.19. The second-order valence-electron chi connectivity index (χ2n) is 10.6. The smallest absolute Gasteiger partial charge is 0.461 e. The van der Waals surface area contributed by atoms with Gasteiger partial charge in [-0.1, -0.05) is 36.4 Å². The van der Waals surface area contributed by atoms with Gasteiger partial charge in [0.1, 0.15) is 11.6 Å². The number of halogens is 8. The Hall–Kier alpha value is -4.03. The van der Waals surface area contributed by atoms with Crippen LogP contribution in [0, 0.1) is 11.6 Å². The van der Waals surface area contributed by atoms with Crippen molar-refractivity contribution in [3.8, 4) is 11.5 Å². The molecule has 0 saturated heterocycles. The number of rotatable bonds is 11. The first-order valence-corrected chi connectivity index (χ1v) is 13.2. The molecular weight excluding hydrogens is 588 g/mol. The maximum Gasteiger partial charge on any atom is 0.461 e. The number of benzene rings is 3. The number of carbonyl (C=O) groups is 1. The van der Waals surface area contributed by atoms with E-state index in [1.807, 2.05) is 0 Å². The summed E-state index contributed by atoms with van der Waals surface area (Å²) >= 11 is 0. The van der Waals surface area contributed by atoms with E-state index < -0.39 is 72.4 Å². The molecule has 43 heavy (non-hydrogen) atoms. The first-order valence-electron chi connectivity index (χ1n) is 13.2. The maximum absolute atomic E-state index is 15.0. The van der Waals surface area contributed by atoms with Gasteiger partial charge in [0, 0.05) is 31.4 Å². The van der Waals surface area contributed by atoms with Crippen LogP contribution in [0.15, 0.2) is 66.7 Å². The van der Waals surface area contributed by atoms with Crippen molar-refractivity contribution in [2.75, 3.05) is 0 Å². The number of carbonyl (C=O) groups excluding carboxylic acids is 1. The average molecular weight is 617 g/mol. The van der Waals surface area contributed by atoms with Gasteiger partial charge in [-0.15, -0.1) is 0 Å². The Morgan fingerprint density at radius 3 is 2.26 bits per heavy atom. The van der Waals surface area contributed by atoms with Crippen LogP contribution >= 0.6 is 0 Å². The summed E-state index contributed by atoms with van der Waals surface area (Å²) in [6.07, 6.45) is -11.2. The molecule has 232 valence electrons. The Balaban J connectivity index is 1.91. The molecule has 2 N–H and O–H groups in total. The Bertz CT molecular complexity index is 1430. The van der Waals surface area contributed by atoms with E-state index in [1.165, 1.54) is 12.1 Å². The standard InChI is InChI=1S/C30H28F8N2O3/c1-17(2)42-25-12-19(8-9-24(25)32)29(14-18-6-4-3-5-7-18,40-27(41)39-22-15-28(35,36)16-22)20-10-21(31)13-23(11-20)43-30(37,38)26(33)34/h3-13,17,22,26H,14-16H2,1-2H3,(H2,39,40,41). The summed E-state index contributed by atoms with van der Waals surface area (Å²) in [5, 5.41) is 5.06. The number of alkyl halides is 6. The number of ether oxygens (including phenoxy) is 2. The van der Waals surface area contributed by atoms with Gasteiger partial charge >= 0.3 is 18.6 Å². The molecule has 2 amide bonds. The third kappa shape index (κ3) is 7.68. The van der Waals surface area contributed by atoms with E-state index in [0.29, 0.717) is 11.6 Å². The largest absolute Gasteiger partial charge is 0.488 e. The molecule has 1 unspecified atom stereocenters. The summed E-state index contributed by atoms with van der Waals surface area (Å²) < 4.78 is 120. The Morgan fingerprint density at radius 1 is 0.977 bits per heavy atom. The van der Waals surface area contributed by atoms with Crippen LogP contribution in [0.4, 0.5) is 39.9 Å². The van der Waals surface area contributed by atoms with Gasteiger partial charge in [0.2, 0.25) is 0 Å². The third-order valence-electron chi connectivity index (χ3n) is 6.72. The fourth-order valence-corrected chi connectivity index (χ4v) is 4.82. The van der Waals surface area contributed by atoms with E-state index in [1.54, 1.807) is 44.2 Å². The van der Waals surface area contributed by atoms with Crippen LogP contribution in [-0.2, 0) is 12.0 Å². The topological polar surface area (TPSA) is 59.6 Å². The summed E-state index contributed by atoms with van der Waals surface area (Å²) in [4.78, 5) is 13.3. The van der Waals surface area contributed by atoms with Crippen LogP contribution in [0.25, 0.3) is 0 Å². The highest BCUT2D eigenvalue weighted by Gasteiger charge is 2.47. The van der Waals surface area contributed by atoms with E-state index in [2.05, 4.69) is 15.4 Å². The molecule has 3 aromatic rings. The number of amides is 2. The van der Waals surface area contributed by atoms with Crippen LogP contribution in [0.5, 0.6) is 11.5 Å². The lowest BCUT2D eigenvalue weighted by Crippen LogP contribution is -2.58. The Kier molecular flexibility index (Phi) is 9.12. The van der Waals surface area contributed by atoms with Gasteiger partial charge in [0.15, 0.2) is 11.6 Å². The van der Waals surface area contributed by atoms with Crippen LogP contribution in [0.3, 0.4) is 0 Å². The van der Waals surface area contributed by atoms with E-state index >= 15 is 0 Å². The minimum absolute atomic E-state index is 0.0691. The van der Waals surface area contributed by atoms with Crippen molar-refractivity contribution in [2.45, 2.75) is 69.3 Å². The number of urea groups is 1. The van der Waals surface area contributed by atoms with E-state index in [-0.39, 0.29) is 23.3 Å². The van der Waals surface area contributed by atoms with Gasteiger partial charge in [0.25, 0.3) is 5.92 Å². The third-order valence-corrected chi connectivity index (χ3v) is 6.72. The molecule has 0 aromatic heterocycles. The highest BCUT2D eigenvalue weighted by molar-refractivity contribution is 5.77. The molecule has 0 aliphatic heterocycles. The summed E-state index contributed by atoms with van der Waals surface area (Å²) in [6.45, 7) is 3.26. The molecule has 0 radical (unpaired) electrons. The lowest BCUT2D eigenvalue weighted by molar-refractivity contribution is -0.253. The zero-order chi connectivity index (χ0) is 31.6. The van der Waals surface area contributed by atoms with Crippen molar-refractivity contribution in [3.05, 3.63) is 95.1 Å². The molecule has 1 saturated carbocycles. The predicted octanol–water partition coefficient (Wildman–Crippen LogP) is 7.57.